The van der Waals surface area contributed by atoms with Crippen LogP contribution < -0.4 is 11.3 Å². The normalized spacial score (nSPS) is 12.9. The number of ether oxygens (including phenoxy) is 1. The van der Waals surface area contributed by atoms with Crippen molar-refractivity contribution in [2.24, 2.45) is 5.84 Å². The second-order valence-corrected chi connectivity index (χ2v) is 4.93. The lowest BCUT2D eigenvalue weighted by Crippen LogP contribution is -2.37. The van der Waals surface area contributed by atoms with E-state index in [4.69, 9.17) is 10.6 Å². The van der Waals surface area contributed by atoms with Crippen LogP contribution in [0.15, 0.2) is 22.7 Å². The lowest BCUT2D eigenvalue weighted by molar-refractivity contribution is 0.0144. The molecule has 19 heavy (non-hydrogen) atoms. The van der Waals surface area contributed by atoms with Gasteiger partial charge in [0.15, 0.2) is 0 Å². The maximum absolute atomic E-state index is 13.1. The Hall–Kier alpha value is -0.630. The summed E-state index contributed by atoms with van der Waals surface area (Å²) >= 11 is 3.10. The van der Waals surface area contributed by atoms with Gasteiger partial charge in [0.1, 0.15) is 12.4 Å². The molecule has 1 aromatic carbocycles. The zero-order valence-corrected chi connectivity index (χ0v) is 11.8. The number of alkyl halides is 2. The molecular formula is C12H16BrF3N2O. The largest absolute Gasteiger partial charge is 0.375 e. The molecule has 0 radical (unpaired) electrons. The molecule has 0 saturated carbocycles. The van der Waals surface area contributed by atoms with Crippen LogP contribution in [0.3, 0.4) is 0 Å². The Balaban J connectivity index is 2.40. The van der Waals surface area contributed by atoms with Crippen molar-refractivity contribution in [3.8, 4) is 0 Å². The minimum atomic E-state index is -2.46. The summed E-state index contributed by atoms with van der Waals surface area (Å²) in [5.41, 5.74) is 3.49. The molecule has 0 aliphatic heterocycles. The molecule has 0 saturated heterocycles. The van der Waals surface area contributed by atoms with E-state index >= 15 is 0 Å². The van der Waals surface area contributed by atoms with E-state index in [0.29, 0.717) is 17.3 Å². The number of halogens is 4. The van der Waals surface area contributed by atoms with Crippen molar-refractivity contribution < 1.29 is 17.9 Å². The molecule has 7 heteroatoms. The summed E-state index contributed by atoms with van der Waals surface area (Å²) in [6, 6.07) is 4.57. The summed E-state index contributed by atoms with van der Waals surface area (Å²) in [6.07, 6.45) is -1.40. The number of hydrogen-bond donors (Lipinski definition) is 2. The van der Waals surface area contributed by atoms with E-state index in [1.165, 1.54) is 6.07 Å². The van der Waals surface area contributed by atoms with Gasteiger partial charge in [-0.3, -0.25) is 11.3 Å². The van der Waals surface area contributed by atoms with E-state index < -0.39 is 13.0 Å². The third-order valence-electron chi connectivity index (χ3n) is 2.56. The van der Waals surface area contributed by atoms with E-state index in [2.05, 4.69) is 21.4 Å². The zero-order chi connectivity index (χ0) is 14.3. The fourth-order valence-corrected chi connectivity index (χ4v) is 2.02. The van der Waals surface area contributed by atoms with Gasteiger partial charge in [-0.15, -0.1) is 0 Å². The SMILES string of the molecule is NNC(CCOCC(F)F)Cc1ccc(F)c(Br)c1. The van der Waals surface area contributed by atoms with E-state index in [1.807, 2.05) is 0 Å². The van der Waals surface area contributed by atoms with Gasteiger partial charge < -0.3 is 4.74 Å². The molecule has 1 rings (SSSR count). The van der Waals surface area contributed by atoms with Crippen LogP contribution in [0.25, 0.3) is 0 Å². The lowest BCUT2D eigenvalue weighted by Gasteiger charge is -2.16. The van der Waals surface area contributed by atoms with E-state index in [1.54, 1.807) is 12.1 Å². The van der Waals surface area contributed by atoms with Crippen LogP contribution in [-0.4, -0.2) is 25.7 Å². The Morgan fingerprint density at radius 2 is 2.11 bits per heavy atom. The van der Waals surface area contributed by atoms with E-state index in [0.717, 1.165) is 5.56 Å². The summed E-state index contributed by atoms with van der Waals surface area (Å²) in [4.78, 5) is 0. The van der Waals surface area contributed by atoms with E-state index in [9.17, 15) is 13.2 Å². The lowest BCUT2D eigenvalue weighted by atomic mass is 10.0. The van der Waals surface area contributed by atoms with Crippen LogP contribution in [0.4, 0.5) is 13.2 Å². The topological polar surface area (TPSA) is 47.3 Å². The summed E-state index contributed by atoms with van der Waals surface area (Å²) in [6.45, 7) is -0.374. The number of hydrogen-bond acceptors (Lipinski definition) is 3. The van der Waals surface area contributed by atoms with Gasteiger partial charge in [-0.05, 0) is 46.5 Å². The highest BCUT2D eigenvalue weighted by Gasteiger charge is 2.10. The van der Waals surface area contributed by atoms with Crippen LogP contribution in [0.2, 0.25) is 0 Å². The number of nitrogens with two attached hydrogens (primary N) is 1. The third kappa shape index (κ3) is 6.38. The Morgan fingerprint density at radius 1 is 1.37 bits per heavy atom. The maximum atomic E-state index is 13.1. The average molecular weight is 341 g/mol. The smallest absolute Gasteiger partial charge is 0.261 e. The Bertz CT molecular complexity index is 393. The second kappa shape index (κ2) is 8.52. The molecule has 1 aromatic rings. The second-order valence-electron chi connectivity index (χ2n) is 4.07. The molecule has 0 aliphatic carbocycles. The number of benzene rings is 1. The molecule has 0 fully saturated rings. The molecular weight excluding hydrogens is 325 g/mol. The molecule has 0 bridgehead atoms. The van der Waals surface area contributed by atoms with E-state index in [-0.39, 0.29) is 18.5 Å². The minimum absolute atomic E-state index is 0.116. The van der Waals surface area contributed by atoms with Crippen molar-refractivity contribution in [2.75, 3.05) is 13.2 Å². The molecule has 0 spiro atoms. The average Bonchev–Trinajstić information content (AvgIpc) is 2.37. The van der Waals surface area contributed by atoms with Gasteiger partial charge >= 0.3 is 0 Å². The van der Waals surface area contributed by atoms with Crippen LogP contribution in [0.5, 0.6) is 0 Å². The van der Waals surface area contributed by atoms with Crippen molar-refractivity contribution >= 4 is 15.9 Å². The molecule has 0 aromatic heterocycles. The van der Waals surface area contributed by atoms with Gasteiger partial charge in [0, 0.05) is 12.6 Å². The molecule has 0 aliphatic rings. The number of hydrazine groups is 1. The predicted octanol–water partition coefficient (Wildman–Crippen LogP) is 2.63. The first kappa shape index (κ1) is 16.4. The van der Waals surface area contributed by atoms with Gasteiger partial charge in [-0.1, -0.05) is 6.07 Å². The van der Waals surface area contributed by atoms with Crippen LogP contribution in [-0.2, 0) is 11.2 Å². The summed E-state index contributed by atoms with van der Waals surface area (Å²) in [7, 11) is 0. The minimum Gasteiger partial charge on any atom is -0.375 e. The Morgan fingerprint density at radius 3 is 2.68 bits per heavy atom. The fraction of sp³-hybridized carbons (Fsp3) is 0.500. The first-order valence-corrected chi connectivity index (χ1v) is 6.58. The molecule has 0 amide bonds. The first-order valence-electron chi connectivity index (χ1n) is 5.79. The van der Waals surface area contributed by atoms with Crippen molar-refractivity contribution in [3.63, 3.8) is 0 Å². The fourth-order valence-electron chi connectivity index (χ4n) is 1.59. The Labute approximate surface area is 118 Å². The van der Waals surface area contributed by atoms with Gasteiger partial charge in [0.25, 0.3) is 6.43 Å². The molecule has 1 atom stereocenters. The molecule has 3 N–H and O–H groups in total. The van der Waals surface area contributed by atoms with Gasteiger partial charge in [0.05, 0.1) is 4.47 Å². The zero-order valence-electron chi connectivity index (χ0n) is 10.2. The molecule has 0 heterocycles. The highest BCUT2D eigenvalue weighted by Crippen LogP contribution is 2.18. The quantitative estimate of drug-likeness (QED) is 0.434. The van der Waals surface area contributed by atoms with Gasteiger partial charge in [-0.2, -0.15) is 0 Å². The van der Waals surface area contributed by atoms with Crippen LogP contribution in [0.1, 0.15) is 12.0 Å². The summed E-state index contributed by atoms with van der Waals surface area (Å²) in [5, 5.41) is 0. The summed E-state index contributed by atoms with van der Waals surface area (Å²) in [5.74, 6) is 5.06. The van der Waals surface area contributed by atoms with Crippen molar-refractivity contribution in [1.82, 2.24) is 5.43 Å². The molecule has 108 valence electrons. The number of nitrogens with one attached hydrogen (secondary N) is 1. The van der Waals surface area contributed by atoms with Crippen molar-refractivity contribution in [2.45, 2.75) is 25.3 Å². The van der Waals surface area contributed by atoms with Gasteiger partial charge in [-0.25, -0.2) is 13.2 Å². The molecule has 3 nitrogen and oxygen atoms in total. The monoisotopic (exact) mass is 340 g/mol. The van der Waals surface area contributed by atoms with Crippen molar-refractivity contribution in [1.29, 1.82) is 0 Å². The third-order valence-corrected chi connectivity index (χ3v) is 3.16. The van der Waals surface area contributed by atoms with Crippen LogP contribution >= 0.6 is 15.9 Å². The Kier molecular flexibility index (Phi) is 7.37. The highest BCUT2D eigenvalue weighted by molar-refractivity contribution is 9.10. The van der Waals surface area contributed by atoms with Crippen LogP contribution in [0, 0.1) is 5.82 Å². The number of rotatable bonds is 8. The standard InChI is InChI=1S/C12H16BrF3N2O/c13-10-6-8(1-2-11(10)14)5-9(18-17)3-4-19-7-12(15)16/h1-2,6,9,12,18H,3-5,7,17H2. The molecule has 1 unspecified atom stereocenters. The highest BCUT2D eigenvalue weighted by atomic mass is 79.9. The first-order chi connectivity index (χ1) is 9.02. The predicted molar refractivity (Wildman–Crippen MR) is 70.4 cm³/mol. The maximum Gasteiger partial charge on any atom is 0.261 e. The summed E-state index contributed by atoms with van der Waals surface area (Å²) < 4.78 is 42.0. The van der Waals surface area contributed by atoms with Crippen molar-refractivity contribution in [3.05, 3.63) is 34.1 Å². The van der Waals surface area contributed by atoms with Gasteiger partial charge in [0.2, 0.25) is 0 Å².